The minimum absolute atomic E-state index is 0.149. The molecule has 0 radical (unpaired) electrons. The Labute approximate surface area is 171 Å². The molecule has 5 nitrogen and oxygen atoms in total. The van der Waals surface area contributed by atoms with E-state index >= 15 is 0 Å². The number of aromatic nitrogens is 1. The number of benzene rings is 2. The predicted octanol–water partition coefficient (Wildman–Crippen LogP) is 4.33. The van der Waals surface area contributed by atoms with E-state index in [2.05, 4.69) is 4.98 Å². The van der Waals surface area contributed by atoms with Crippen molar-refractivity contribution in [1.29, 1.82) is 0 Å². The molecule has 1 heterocycles. The number of carbonyl (C=O) groups excluding carboxylic acids is 2. The van der Waals surface area contributed by atoms with Crippen molar-refractivity contribution < 1.29 is 9.59 Å². The fourth-order valence-corrected chi connectivity index (χ4v) is 3.21. The van der Waals surface area contributed by atoms with Crippen LogP contribution < -0.4 is 4.90 Å². The van der Waals surface area contributed by atoms with E-state index in [0.717, 1.165) is 16.8 Å². The zero-order valence-electron chi connectivity index (χ0n) is 17.0. The van der Waals surface area contributed by atoms with Crippen LogP contribution in [0.2, 0.25) is 0 Å². The summed E-state index contributed by atoms with van der Waals surface area (Å²) in [6.45, 7) is 4.91. The van der Waals surface area contributed by atoms with Crippen molar-refractivity contribution in [2.24, 2.45) is 0 Å². The van der Waals surface area contributed by atoms with Gasteiger partial charge in [0.05, 0.1) is 0 Å². The molecule has 148 valence electrons. The lowest BCUT2D eigenvalue weighted by Gasteiger charge is -2.22. The van der Waals surface area contributed by atoms with Crippen molar-refractivity contribution in [2.75, 3.05) is 18.5 Å². The number of hydrogen-bond donors (Lipinski definition) is 0. The number of anilines is 1. The van der Waals surface area contributed by atoms with E-state index in [4.69, 9.17) is 0 Å². The van der Waals surface area contributed by atoms with E-state index in [9.17, 15) is 9.59 Å². The maximum atomic E-state index is 13.1. The SMILES string of the molecule is CCN(C(=O)c1cc(C(=O)N(C)Cc2ccccc2)ccn1)c1cccc(C)c1. The molecular weight excluding hydrogens is 362 g/mol. The molecule has 0 fully saturated rings. The van der Waals surface area contributed by atoms with Gasteiger partial charge in [-0.25, -0.2) is 0 Å². The summed E-state index contributed by atoms with van der Waals surface area (Å²) in [5.41, 5.74) is 3.64. The van der Waals surface area contributed by atoms with Crippen LogP contribution in [0.15, 0.2) is 72.9 Å². The summed E-state index contributed by atoms with van der Waals surface area (Å²) in [4.78, 5) is 33.4. The first-order valence-electron chi connectivity index (χ1n) is 9.63. The second-order valence-electron chi connectivity index (χ2n) is 6.96. The molecule has 0 aliphatic heterocycles. The number of carbonyl (C=O) groups is 2. The van der Waals surface area contributed by atoms with Gasteiger partial charge in [0.1, 0.15) is 5.69 Å². The van der Waals surface area contributed by atoms with Gasteiger partial charge in [-0.3, -0.25) is 14.6 Å². The van der Waals surface area contributed by atoms with Crippen molar-refractivity contribution in [1.82, 2.24) is 9.88 Å². The lowest BCUT2D eigenvalue weighted by molar-refractivity contribution is 0.0785. The molecule has 0 unspecified atom stereocenters. The molecule has 0 bridgehead atoms. The van der Waals surface area contributed by atoms with Crippen molar-refractivity contribution >= 4 is 17.5 Å². The Balaban J connectivity index is 1.80. The molecule has 0 aliphatic carbocycles. The summed E-state index contributed by atoms with van der Waals surface area (Å²) in [7, 11) is 1.75. The van der Waals surface area contributed by atoms with Gasteiger partial charge in [0.15, 0.2) is 0 Å². The highest BCUT2D eigenvalue weighted by Gasteiger charge is 2.20. The van der Waals surface area contributed by atoms with Crippen LogP contribution in [0.1, 0.15) is 38.9 Å². The van der Waals surface area contributed by atoms with E-state index < -0.39 is 0 Å². The van der Waals surface area contributed by atoms with E-state index in [1.165, 1.54) is 6.20 Å². The molecule has 2 aromatic carbocycles. The van der Waals surface area contributed by atoms with Crippen LogP contribution >= 0.6 is 0 Å². The number of aryl methyl sites for hydroxylation is 1. The second-order valence-corrected chi connectivity index (χ2v) is 6.96. The summed E-state index contributed by atoms with van der Waals surface area (Å²) < 4.78 is 0. The van der Waals surface area contributed by atoms with Gasteiger partial charge in [-0.2, -0.15) is 0 Å². The molecule has 0 saturated carbocycles. The zero-order valence-corrected chi connectivity index (χ0v) is 17.0. The highest BCUT2D eigenvalue weighted by atomic mass is 16.2. The van der Waals surface area contributed by atoms with Gasteiger partial charge >= 0.3 is 0 Å². The lowest BCUT2D eigenvalue weighted by Crippen LogP contribution is -2.32. The monoisotopic (exact) mass is 387 g/mol. The number of rotatable bonds is 6. The fraction of sp³-hybridized carbons (Fsp3) is 0.208. The van der Waals surface area contributed by atoms with Crippen molar-refractivity contribution in [3.8, 4) is 0 Å². The Morgan fingerprint density at radius 1 is 0.931 bits per heavy atom. The van der Waals surface area contributed by atoms with Gasteiger partial charge in [-0.05, 0) is 49.2 Å². The molecule has 0 saturated heterocycles. The van der Waals surface area contributed by atoms with Crippen LogP contribution in [0.25, 0.3) is 0 Å². The summed E-state index contributed by atoms with van der Waals surface area (Å²) >= 11 is 0. The molecule has 3 aromatic rings. The van der Waals surface area contributed by atoms with Crippen LogP contribution in [0.4, 0.5) is 5.69 Å². The smallest absolute Gasteiger partial charge is 0.276 e. The molecule has 1 aromatic heterocycles. The lowest BCUT2D eigenvalue weighted by atomic mass is 10.1. The molecule has 0 atom stereocenters. The topological polar surface area (TPSA) is 53.5 Å². The van der Waals surface area contributed by atoms with Crippen LogP contribution in [0.5, 0.6) is 0 Å². The summed E-state index contributed by atoms with van der Waals surface area (Å²) in [6.07, 6.45) is 1.51. The quantitative estimate of drug-likeness (QED) is 0.633. The Morgan fingerprint density at radius 3 is 2.38 bits per heavy atom. The first-order chi connectivity index (χ1) is 14.0. The Hall–Kier alpha value is -3.47. The third kappa shape index (κ3) is 4.88. The van der Waals surface area contributed by atoms with Gasteiger partial charge in [0.25, 0.3) is 11.8 Å². The largest absolute Gasteiger partial charge is 0.337 e. The van der Waals surface area contributed by atoms with Gasteiger partial charge in [-0.1, -0.05) is 42.5 Å². The zero-order chi connectivity index (χ0) is 20.8. The molecule has 2 amide bonds. The molecule has 3 rings (SSSR count). The third-order valence-electron chi connectivity index (χ3n) is 4.71. The molecule has 29 heavy (non-hydrogen) atoms. The Kier molecular flexibility index (Phi) is 6.39. The van der Waals surface area contributed by atoms with Gasteiger partial charge in [0, 0.05) is 37.6 Å². The number of hydrogen-bond acceptors (Lipinski definition) is 3. The normalized spacial score (nSPS) is 10.4. The van der Waals surface area contributed by atoms with Crippen molar-refractivity contribution in [2.45, 2.75) is 20.4 Å². The number of nitrogens with zero attached hydrogens (tertiary/aromatic N) is 3. The minimum atomic E-state index is -0.224. The first-order valence-corrected chi connectivity index (χ1v) is 9.63. The Morgan fingerprint density at radius 2 is 1.69 bits per heavy atom. The molecule has 0 spiro atoms. The third-order valence-corrected chi connectivity index (χ3v) is 4.71. The van der Waals surface area contributed by atoms with Gasteiger partial charge < -0.3 is 9.80 Å². The highest BCUT2D eigenvalue weighted by Crippen LogP contribution is 2.19. The second kappa shape index (κ2) is 9.15. The molecule has 0 aliphatic rings. The van der Waals surface area contributed by atoms with Crippen LogP contribution in [0, 0.1) is 6.92 Å². The number of amides is 2. The predicted molar refractivity (Wildman–Crippen MR) is 115 cm³/mol. The van der Waals surface area contributed by atoms with Crippen molar-refractivity contribution in [3.05, 3.63) is 95.3 Å². The summed E-state index contributed by atoms with van der Waals surface area (Å²) in [6, 6.07) is 20.8. The fourth-order valence-electron chi connectivity index (χ4n) is 3.21. The van der Waals surface area contributed by atoms with Gasteiger partial charge in [-0.15, -0.1) is 0 Å². The van der Waals surface area contributed by atoms with E-state index in [0.29, 0.717) is 18.7 Å². The van der Waals surface area contributed by atoms with Crippen LogP contribution in [0.3, 0.4) is 0 Å². The van der Waals surface area contributed by atoms with E-state index in [-0.39, 0.29) is 17.5 Å². The van der Waals surface area contributed by atoms with Crippen LogP contribution in [-0.2, 0) is 6.54 Å². The first kappa shape index (κ1) is 20.3. The molecular formula is C24H25N3O2. The average molecular weight is 387 g/mol. The minimum Gasteiger partial charge on any atom is -0.337 e. The summed E-state index contributed by atoms with van der Waals surface area (Å²) in [5, 5.41) is 0. The number of pyridine rings is 1. The average Bonchev–Trinajstić information content (AvgIpc) is 2.74. The van der Waals surface area contributed by atoms with E-state index in [1.807, 2.05) is 68.4 Å². The Bertz CT molecular complexity index is 1000. The molecule has 0 N–H and O–H groups in total. The summed E-state index contributed by atoms with van der Waals surface area (Å²) in [5.74, 6) is -0.373. The maximum absolute atomic E-state index is 13.1. The van der Waals surface area contributed by atoms with Crippen LogP contribution in [-0.4, -0.2) is 35.3 Å². The maximum Gasteiger partial charge on any atom is 0.276 e. The standard InChI is InChI=1S/C24H25N3O2/c1-4-27(21-12-8-9-18(2)15-21)24(29)22-16-20(13-14-25-22)23(28)26(3)17-19-10-6-5-7-11-19/h5-16H,4,17H2,1-3H3. The van der Waals surface area contributed by atoms with Gasteiger partial charge in [0.2, 0.25) is 0 Å². The van der Waals surface area contributed by atoms with Crippen molar-refractivity contribution in [3.63, 3.8) is 0 Å². The van der Waals surface area contributed by atoms with E-state index in [1.54, 1.807) is 29.0 Å². The molecule has 5 heteroatoms. The highest BCUT2D eigenvalue weighted by molar-refractivity contribution is 6.06.